The van der Waals surface area contributed by atoms with Crippen LogP contribution >= 0.6 is 11.6 Å². The summed E-state index contributed by atoms with van der Waals surface area (Å²) in [5.41, 5.74) is 1.40. The molecule has 6 nitrogen and oxygen atoms in total. The first-order valence-corrected chi connectivity index (χ1v) is 8.78. The second-order valence-corrected chi connectivity index (χ2v) is 6.57. The Labute approximate surface area is 154 Å². The molecule has 1 fully saturated rings. The van der Waals surface area contributed by atoms with Gasteiger partial charge in [-0.2, -0.15) is 14.4 Å². The molecule has 0 unspecified atom stereocenters. The molecule has 0 bridgehead atoms. The average Bonchev–Trinajstić information content (AvgIpc) is 2.60. The van der Waals surface area contributed by atoms with Crippen molar-refractivity contribution in [3.05, 3.63) is 59.0 Å². The van der Waals surface area contributed by atoms with Crippen molar-refractivity contribution in [3.8, 4) is 11.5 Å². The second kappa shape index (κ2) is 7.29. The van der Waals surface area contributed by atoms with Crippen molar-refractivity contribution in [1.82, 2.24) is 24.9 Å². The SMILES string of the molecule is Fc1ccc(Cc2nc(NC3CCC3)nc(-c3cccc(Cl)n3)n2)cn1. The Morgan fingerprint density at radius 1 is 1.08 bits per heavy atom. The average molecular weight is 371 g/mol. The highest BCUT2D eigenvalue weighted by Crippen LogP contribution is 2.23. The molecule has 1 aliphatic rings. The molecule has 0 aliphatic heterocycles. The van der Waals surface area contributed by atoms with Crippen molar-refractivity contribution >= 4 is 17.5 Å². The first-order valence-electron chi connectivity index (χ1n) is 8.40. The van der Waals surface area contributed by atoms with Crippen LogP contribution in [0.3, 0.4) is 0 Å². The van der Waals surface area contributed by atoms with E-state index in [-0.39, 0.29) is 0 Å². The molecule has 0 spiro atoms. The van der Waals surface area contributed by atoms with Crippen LogP contribution in [0.15, 0.2) is 36.5 Å². The molecule has 3 aromatic rings. The van der Waals surface area contributed by atoms with E-state index in [0.29, 0.717) is 40.9 Å². The number of nitrogens with zero attached hydrogens (tertiary/aromatic N) is 5. The fourth-order valence-electron chi connectivity index (χ4n) is 2.64. The van der Waals surface area contributed by atoms with Gasteiger partial charge in [0.1, 0.15) is 16.7 Å². The Morgan fingerprint density at radius 2 is 1.96 bits per heavy atom. The number of nitrogens with one attached hydrogen (secondary N) is 1. The van der Waals surface area contributed by atoms with Crippen molar-refractivity contribution in [1.29, 1.82) is 0 Å². The second-order valence-electron chi connectivity index (χ2n) is 6.18. The van der Waals surface area contributed by atoms with Gasteiger partial charge in [-0.15, -0.1) is 0 Å². The van der Waals surface area contributed by atoms with E-state index in [2.05, 4.69) is 30.2 Å². The van der Waals surface area contributed by atoms with Crippen molar-refractivity contribution in [3.63, 3.8) is 0 Å². The molecule has 1 aliphatic carbocycles. The minimum absolute atomic E-state index is 0.376. The summed E-state index contributed by atoms with van der Waals surface area (Å²) in [6.45, 7) is 0. The zero-order valence-electron chi connectivity index (χ0n) is 13.9. The van der Waals surface area contributed by atoms with E-state index in [1.807, 2.05) is 0 Å². The maximum atomic E-state index is 13.0. The van der Waals surface area contributed by atoms with Crippen LogP contribution in [0, 0.1) is 5.95 Å². The maximum absolute atomic E-state index is 13.0. The number of pyridine rings is 2. The third-order valence-electron chi connectivity index (χ3n) is 4.22. The van der Waals surface area contributed by atoms with Crippen molar-refractivity contribution in [2.24, 2.45) is 0 Å². The quantitative estimate of drug-likeness (QED) is 0.690. The van der Waals surface area contributed by atoms with Gasteiger partial charge in [-0.3, -0.25) is 0 Å². The standard InChI is InChI=1S/C18H16ClFN6/c19-14-6-2-5-13(23-14)17-24-16(9-11-7-8-15(20)21-10-11)25-18(26-17)22-12-3-1-4-12/h2,5-8,10,12H,1,3-4,9H2,(H,22,24,25,26). The molecule has 3 heterocycles. The van der Waals surface area contributed by atoms with Gasteiger partial charge in [-0.05, 0) is 43.0 Å². The Morgan fingerprint density at radius 3 is 2.65 bits per heavy atom. The van der Waals surface area contributed by atoms with E-state index >= 15 is 0 Å². The normalized spacial score (nSPS) is 14.1. The summed E-state index contributed by atoms with van der Waals surface area (Å²) >= 11 is 5.99. The molecule has 0 atom stereocenters. The van der Waals surface area contributed by atoms with Gasteiger partial charge in [0.25, 0.3) is 0 Å². The number of hydrogen-bond donors (Lipinski definition) is 1. The first kappa shape index (κ1) is 16.8. The summed E-state index contributed by atoms with van der Waals surface area (Å²) in [4.78, 5) is 21.5. The number of hydrogen-bond acceptors (Lipinski definition) is 6. The topological polar surface area (TPSA) is 76.5 Å². The summed E-state index contributed by atoms with van der Waals surface area (Å²) < 4.78 is 13.0. The van der Waals surface area contributed by atoms with Crippen LogP contribution in [0.2, 0.25) is 5.15 Å². The number of aromatic nitrogens is 5. The molecule has 8 heteroatoms. The van der Waals surface area contributed by atoms with E-state index in [1.165, 1.54) is 18.7 Å². The van der Waals surface area contributed by atoms with Gasteiger partial charge >= 0.3 is 0 Å². The fourth-order valence-corrected chi connectivity index (χ4v) is 2.80. The molecule has 4 rings (SSSR count). The van der Waals surface area contributed by atoms with E-state index in [0.717, 1.165) is 18.4 Å². The van der Waals surface area contributed by atoms with Crippen molar-refractivity contribution < 1.29 is 4.39 Å². The fraction of sp³-hybridized carbons (Fsp3) is 0.278. The Balaban J connectivity index is 1.68. The molecule has 132 valence electrons. The number of anilines is 1. The van der Waals surface area contributed by atoms with Crippen molar-refractivity contribution in [2.45, 2.75) is 31.7 Å². The van der Waals surface area contributed by atoms with Gasteiger partial charge in [0.05, 0.1) is 0 Å². The summed E-state index contributed by atoms with van der Waals surface area (Å²) in [5, 5.41) is 3.72. The van der Waals surface area contributed by atoms with Crippen molar-refractivity contribution in [2.75, 3.05) is 5.32 Å². The van der Waals surface area contributed by atoms with E-state index < -0.39 is 5.95 Å². The Hall–Kier alpha value is -2.67. The van der Waals surface area contributed by atoms with E-state index in [4.69, 9.17) is 11.6 Å². The Kier molecular flexibility index (Phi) is 4.71. The molecule has 3 aromatic heterocycles. The molecule has 0 aromatic carbocycles. The molecule has 0 amide bonds. The minimum Gasteiger partial charge on any atom is -0.351 e. The molecular formula is C18H16ClFN6. The summed E-state index contributed by atoms with van der Waals surface area (Å²) in [6.07, 6.45) is 5.32. The predicted molar refractivity (Wildman–Crippen MR) is 96.3 cm³/mol. The van der Waals surface area contributed by atoms with Crippen LogP contribution in [0.4, 0.5) is 10.3 Å². The third kappa shape index (κ3) is 3.94. The molecule has 0 saturated heterocycles. The summed E-state index contributed by atoms with van der Waals surface area (Å²) in [6, 6.07) is 8.68. The largest absolute Gasteiger partial charge is 0.351 e. The van der Waals surface area contributed by atoms with Gasteiger partial charge < -0.3 is 5.32 Å². The molecular weight excluding hydrogens is 355 g/mol. The smallest absolute Gasteiger partial charge is 0.226 e. The molecule has 26 heavy (non-hydrogen) atoms. The lowest BCUT2D eigenvalue weighted by atomic mass is 9.93. The molecule has 0 radical (unpaired) electrons. The first-order chi connectivity index (χ1) is 12.7. The van der Waals surface area contributed by atoms with Gasteiger partial charge in [-0.1, -0.05) is 23.7 Å². The third-order valence-corrected chi connectivity index (χ3v) is 4.43. The van der Waals surface area contributed by atoms with Crippen LogP contribution in [0.25, 0.3) is 11.5 Å². The van der Waals surface area contributed by atoms with Crippen LogP contribution in [0.5, 0.6) is 0 Å². The highest BCUT2D eigenvalue weighted by Gasteiger charge is 2.19. The van der Waals surface area contributed by atoms with Gasteiger partial charge in [0.15, 0.2) is 5.82 Å². The zero-order valence-corrected chi connectivity index (χ0v) is 14.6. The molecule has 1 N–H and O–H groups in total. The van der Waals surface area contributed by atoms with Crippen LogP contribution in [0.1, 0.15) is 30.7 Å². The lowest BCUT2D eigenvalue weighted by molar-refractivity contribution is 0.443. The monoisotopic (exact) mass is 370 g/mol. The van der Waals surface area contributed by atoms with E-state index in [9.17, 15) is 4.39 Å². The number of rotatable bonds is 5. The van der Waals surface area contributed by atoms with Gasteiger partial charge in [0, 0.05) is 18.7 Å². The number of halogens is 2. The zero-order chi connectivity index (χ0) is 17.9. The van der Waals surface area contributed by atoms with Gasteiger partial charge in [-0.25, -0.2) is 15.0 Å². The lowest BCUT2D eigenvalue weighted by Gasteiger charge is -2.26. The Bertz CT molecular complexity index is 914. The van der Waals surface area contributed by atoms with Gasteiger partial charge in [0.2, 0.25) is 11.9 Å². The lowest BCUT2D eigenvalue weighted by Crippen LogP contribution is -2.28. The summed E-state index contributed by atoms with van der Waals surface area (Å²) in [7, 11) is 0. The van der Waals surface area contributed by atoms with Crippen LogP contribution in [-0.2, 0) is 6.42 Å². The van der Waals surface area contributed by atoms with E-state index in [1.54, 1.807) is 24.3 Å². The minimum atomic E-state index is -0.513. The van der Waals surface area contributed by atoms with Crippen LogP contribution in [-0.4, -0.2) is 31.0 Å². The summed E-state index contributed by atoms with van der Waals surface area (Å²) in [5.74, 6) is 1.02. The van der Waals surface area contributed by atoms with Crippen LogP contribution < -0.4 is 5.32 Å². The molecule has 1 saturated carbocycles. The predicted octanol–water partition coefficient (Wildman–Crippen LogP) is 3.68. The maximum Gasteiger partial charge on any atom is 0.226 e. The highest BCUT2D eigenvalue weighted by atomic mass is 35.5. The highest BCUT2D eigenvalue weighted by molar-refractivity contribution is 6.29.